The van der Waals surface area contributed by atoms with Gasteiger partial charge in [0.1, 0.15) is 5.82 Å². The number of carbonyl (C=O) groups excluding carboxylic acids is 1. The summed E-state index contributed by atoms with van der Waals surface area (Å²) in [6.07, 6.45) is 0.947. The highest BCUT2D eigenvalue weighted by Crippen LogP contribution is 2.31. The Morgan fingerprint density at radius 3 is 2.81 bits per heavy atom. The standard InChI is InChI=1S/C17H15BrFNO/c1-11-8-12-4-2-3-5-16(12)20(10-11)17(21)14-7-6-13(18)9-15(14)19/h2-7,9,11H,8,10H2,1H3. The largest absolute Gasteiger partial charge is 0.308 e. The van der Waals surface area contributed by atoms with Gasteiger partial charge in [0, 0.05) is 16.7 Å². The van der Waals surface area contributed by atoms with E-state index in [2.05, 4.69) is 22.9 Å². The molecule has 1 unspecified atom stereocenters. The highest BCUT2D eigenvalue weighted by Gasteiger charge is 2.28. The van der Waals surface area contributed by atoms with Crippen molar-refractivity contribution in [3.63, 3.8) is 0 Å². The van der Waals surface area contributed by atoms with Crippen molar-refractivity contribution in [2.24, 2.45) is 5.92 Å². The molecule has 0 spiro atoms. The maximum Gasteiger partial charge on any atom is 0.261 e. The molecule has 1 amide bonds. The first-order valence-electron chi connectivity index (χ1n) is 6.91. The molecule has 1 aliphatic heterocycles. The Bertz CT molecular complexity index is 701. The van der Waals surface area contributed by atoms with Gasteiger partial charge >= 0.3 is 0 Å². The van der Waals surface area contributed by atoms with Crippen LogP contribution < -0.4 is 4.90 Å². The van der Waals surface area contributed by atoms with Gasteiger partial charge in [-0.15, -0.1) is 0 Å². The number of para-hydroxylation sites is 1. The zero-order valence-corrected chi connectivity index (χ0v) is 13.2. The number of nitrogens with zero attached hydrogens (tertiary/aromatic N) is 1. The fourth-order valence-electron chi connectivity index (χ4n) is 2.80. The van der Waals surface area contributed by atoms with Gasteiger partial charge in [0.2, 0.25) is 0 Å². The highest BCUT2D eigenvalue weighted by molar-refractivity contribution is 9.10. The van der Waals surface area contributed by atoms with E-state index < -0.39 is 5.82 Å². The number of halogens is 2. The van der Waals surface area contributed by atoms with Crippen LogP contribution in [0.3, 0.4) is 0 Å². The van der Waals surface area contributed by atoms with Crippen LogP contribution in [0.2, 0.25) is 0 Å². The van der Waals surface area contributed by atoms with Crippen molar-refractivity contribution in [3.05, 3.63) is 63.9 Å². The van der Waals surface area contributed by atoms with Crippen LogP contribution in [0, 0.1) is 11.7 Å². The van der Waals surface area contributed by atoms with Gasteiger partial charge in [-0.2, -0.15) is 0 Å². The summed E-state index contributed by atoms with van der Waals surface area (Å²) in [6.45, 7) is 2.72. The Labute approximate surface area is 131 Å². The predicted molar refractivity (Wildman–Crippen MR) is 85.1 cm³/mol. The number of benzene rings is 2. The smallest absolute Gasteiger partial charge is 0.261 e. The maximum absolute atomic E-state index is 14.1. The molecule has 1 atom stereocenters. The second-order valence-electron chi connectivity index (χ2n) is 5.48. The molecule has 0 aliphatic carbocycles. The number of carbonyl (C=O) groups is 1. The van der Waals surface area contributed by atoms with Crippen molar-refractivity contribution in [2.45, 2.75) is 13.3 Å². The van der Waals surface area contributed by atoms with E-state index in [1.165, 1.54) is 12.1 Å². The van der Waals surface area contributed by atoms with E-state index in [0.717, 1.165) is 17.7 Å². The Hall–Kier alpha value is -1.68. The molecule has 2 aromatic rings. The summed E-state index contributed by atoms with van der Waals surface area (Å²) in [7, 11) is 0. The lowest BCUT2D eigenvalue weighted by Crippen LogP contribution is -2.39. The lowest BCUT2D eigenvalue weighted by molar-refractivity contribution is 0.0977. The molecular weight excluding hydrogens is 333 g/mol. The van der Waals surface area contributed by atoms with Gasteiger partial charge in [-0.05, 0) is 42.2 Å². The molecule has 0 radical (unpaired) electrons. The molecule has 0 fully saturated rings. The summed E-state index contributed by atoms with van der Waals surface area (Å²) < 4.78 is 14.7. The minimum atomic E-state index is -0.495. The van der Waals surface area contributed by atoms with Crippen LogP contribution in [0.5, 0.6) is 0 Å². The van der Waals surface area contributed by atoms with E-state index in [0.29, 0.717) is 16.9 Å². The fraction of sp³-hybridized carbons (Fsp3) is 0.235. The number of anilines is 1. The van der Waals surface area contributed by atoms with E-state index >= 15 is 0 Å². The highest BCUT2D eigenvalue weighted by atomic mass is 79.9. The Morgan fingerprint density at radius 2 is 2.05 bits per heavy atom. The third-order valence-corrected chi connectivity index (χ3v) is 4.24. The quantitative estimate of drug-likeness (QED) is 0.747. The van der Waals surface area contributed by atoms with E-state index in [9.17, 15) is 9.18 Å². The maximum atomic E-state index is 14.1. The van der Waals surface area contributed by atoms with Crippen LogP contribution in [-0.4, -0.2) is 12.5 Å². The number of hydrogen-bond acceptors (Lipinski definition) is 1. The first-order valence-corrected chi connectivity index (χ1v) is 7.70. The number of fused-ring (bicyclic) bond motifs is 1. The van der Waals surface area contributed by atoms with Gasteiger partial charge in [-0.25, -0.2) is 4.39 Å². The van der Waals surface area contributed by atoms with Crippen LogP contribution in [0.25, 0.3) is 0 Å². The Balaban J connectivity index is 2.02. The summed E-state index contributed by atoms with van der Waals surface area (Å²) in [5.74, 6) is -0.411. The van der Waals surface area contributed by atoms with Gasteiger partial charge in [-0.1, -0.05) is 41.1 Å². The first kappa shape index (κ1) is 14.3. The first-order chi connectivity index (χ1) is 10.1. The van der Waals surface area contributed by atoms with Crippen LogP contribution >= 0.6 is 15.9 Å². The van der Waals surface area contributed by atoms with Crippen molar-refractivity contribution in [1.29, 1.82) is 0 Å². The van der Waals surface area contributed by atoms with Gasteiger partial charge in [0.25, 0.3) is 5.91 Å². The zero-order valence-electron chi connectivity index (χ0n) is 11.6. The molecule has 21 heavy (non-hydrogen) atoms. The summed E-state index contributed by atoms with van der Waals surface area (Å²) in [6, 6.07) is 12.4. The number of rotatable bonds is 1. The average molecular weight is 348 g/mol. The number of hydrogen-bond donors (Lipinski definition) is 0. The molecule has 1 aliphatic rings. The molecule has 0 bridgehead atoms. The molecular formula is C17H15BrFNO. The molecule has 0 N–H and O–H groups in total. The van der Waals surface area contributed by atoms with Crippen molar-refractivity contribution in [2.75, 3.05) is 11.4 Å². The second-order valence-corrected chi connectivity index (χ2v) is 6.39. The molecule has 108 valence electrons. The SMILES string of the molecule is CC1Cc2ccccc2N(C(=O)c2ccc(Br)cc2F)C1. The normalized spacial score (nSPS) is 17.5. The predicted octanol–water partition coefficient (Wildman–Crippen LogP) is 4.43. The van der Waals surface area contributed by atoms with Crippen LogP contribution in [-0.2, 0) is 6.42 Å². The molecule has 2 aromatic carbocycles. The van der Waals surface area contributed by atoms with Crippen LogP contribution in [0.15, 0.2) is 46.9 Å². The number of amides is 1. The topological polar surface area (TPSA) is 20.3 Å². The van der Waals surface area contributed by atoms with Crippen molar-refractivity contribution in [3.8, 4) is 0 Å². The third-order valence-electron chi connectivity index (χ3n) is 3.75. The summed E-state index contributed by atoms with van der Waals surface area (Å²) in [5.41, 5.74) is 2.15. The molecule has 3 rings (SSSR count). The lowest BCUT2D eigenvalue weighted by Gasteiger charge is -2.33. The molecule has 0 saturated carbocycles. The molecule has 0 saturated heterocycles. The van der Waals surface area contributed by atoms with Crippen molar-refractivity contribution in [1.82, 2.24) is 0 Å². The Morgan fingerprint density at radius 1 is 1.29 bits per heavy atom. The van der Waals surface area contributed by atoms with E-state index in [1.54, 1.807) is 11.0 Å². The second kappa shape index (κ2) is 5.60. The average Bonchev–Trinajstić information content (AvgIpc) is 2.45. The van der Waals surface area contributed by atoms with Crippen LogP contribution in [0.1, 0.15) is 22.8 Å². The Kier molecular flexibility index (Phi) is 3.81. The molecule has 4 heteroatoms. The minimum absolute atomic E-state index is 0.113. The molecule has 1 heterocycles. The van der Waals surface area contributed by atoms with E-state index in [4.69, 9.17) is 0 Å². The van der Waals surface area contributed by atoms with E-state index in [-0.39, 0.29) is 11.5 Å². The fourth-order valence-corrected chi connectivity index (χ4v) is 3.13. The lowest BCUT2D eigenvalue weighted by atomic mass is 9.93. The third kappa shape index (κ3) is 2.72. The minimum Gasteiger partial charge on any atom is -0.308 e. The van der Waals surface area contributed by atoms with Gasteiger partial charge in [0.15, 0.2) is 0 Å². The summed E-state index contributed by atoms with van der Waals surface area (Å²) in [4.78, 5) is 14.4. The van der Waals surface area contributed by atoms with Crippen LogP contribution in [0.4, 0.5) is 10.1 Å². The molecule has 0 aromatic heterocycles. The summed E-state index contributed by atoms with van der Waals surface area (Å²) >= 11 is 3.21. The van der Waals surface area contributed by atoms with Gasteiger partial charge in [-0.3, -0.25) is 4.79 Å². The van der Waals surface area contributed by atoms with Crippen molar-refractivity contribution < 1.29 is 9.18 Å². The van der Waals surface area contributed by atoms with E-state index in [1.807, 2.05) is 24.3 Å². The van der Waals surface area contributed by atoms with Gasteiger partial charge in [0.05, 0.1) is 5.56 Å². The molecule has 2 nitrogen and oxygen atoms in total. The summed E-state index contributed by atoms with van der Waals surface area (Å²) in [5, 5.41) is 0. The van der Waals surface area contributed by atoms with Crippen molar-refractivity contribution >= 4 is 27.5 Å². The zero-order chi connectivity index (χ0) is 15.0. The monoisotopic (exact) mass is 347 g/mol. The van der Waals surface area contributed by atoms with Gasteiger partial charge < -0.3 is 4.90 Å².